The van der Waals surface area contributed by atoms with E-state index >= 15 is 0 Å². The summed E-state index contributed by atoms with van der Waals surface area (Å²) in [5.41, 5.74) is 8.61. The Morgan fingerprint density at radius 2 is 1.88 bits per heavy atom. The van der Waals surface area contributed by atoms with Crippen molar-refractivity contribution in [2.45, 2.75) is 31.5 Å². The molecule has 4 nitrogen and oxygen atoms in total. The van der Waals surface area contributed by atoms with E-state index in [-0.39, 0.29) is 23.9 Å². The maximum Gasteiger partial charge on any atom is 0.237 e. The molecule has 1 saturated heterocycles. The van der Waals surface area contributed by atoms with Gasteiger partial charge in [-0.3, -0.25) is 9.69 Å². The van der Waals surface area contributed by atoms with Crippen molar-refractivity contribution >= 4 is 17.5 Å². The van der Waals surface area contributed by atoms with Crippen molar-refractivity contribution in [3.05, 3.63) is 70.7 Å². The second kappa shape index (κ2) is 8.00. The minimum atomic E-state index is -0.202. The molecule has 0 aliphatic carbocycles. The molecule has 0 bridgehead atoms. The fourth-order valence-corrected chi connectivity index (χ4v) is 3.46. The molecule has 1 heterocycles. The zero-order chi connectivity index (χ0) is 17.8. The lowest BCUT2D eigenvalue weighted by molar-refractivity contribution is -0.125. The number of nitrogens with zero attached hydrogens (tertiary/aromatic N) is 1. The Labute approximate surface area is 154 Å². The Bertz CT molecular complexity index is 705. The largest absolute Gasteiger partial charge is 0.351 e. The van der Waals surface area contributed by atoms with E-state index in [4.69, 9.17) is 17.3 Å². The van der Waals surface area contributed by atoms with Gasteiger partial charge in [-0.15, -0.1) is 0 Å². The first-order valence-corrected chi connectivity index (χ1v) is 8.99. The molecule has 25 heavy (non-hydrogen) atoms. The number of carbonyl (C=O) groups excluding carboxylic acids is 1. The third kappa shape index (κ3) is 4.40. The predicted octanol–water partition coefficient (Wildman–Crippen LogP) is 2.77. The number of hydrogen-bond donors (Lipinski definition) is 2. The molecule has 1 aliphatic rings. The van der Waals surface area contributed by atoms with Crippen LogP contribution in [0.3, 0.4) is 0 Å². The highest BCUT2D eigenvalue weighted by Gasteiger charge is 2.35. The van der Waals surface area contributed by atoms with Crippen LogP contribution in [0.4, 0.5) is 0 Å². The molecule has 1 fully saturated rings. The van der Waals surface area contributed by atoms with Gasteiger partial charge in [-0.2, -0.15) is 0 Å². The van der Waals surface area contributed by atoms with Gasteiger partial charge in [0.1, 0.15) is 0 Å². The molecule has 0 saturated carbocycles. The summed E-state index contributed by atoms with van der Waals surface area (Å²) in [4.78, 5) is 14.7. The van der Waals surface area contributed by atoms with E-state index in [2.05, 4.69) is 22.3 Å². The topological polar surface area (TPSA) is 58.4 Å². The molecule has 132 valence electrons. The summed E-state index contributed by atoms with van der Waals surface area (Å²) in [6.07, 6.45) is 0. The van der Waals surface area contributed by atoms with Crippen molar-refractivity contribution in [1.29, 1.82) is 0 Å². The van der Waals surface area contributed by atoms with E-state index in [0.717, 1.165) is 18.7 Å². The highest BCUT2D eigenvalue weighted by Crippen LogP contribution is 2.27. The van der Waals surface area contributed by atoms with Gasteiger partial charge in [0.25, 0.3) is 0 Å². The Kier molecular flexibility index (Phi) is 5.74. The molecule has 5 heteroatoms. The number of nitrogens with two attached hydrogens (primary N) is 1. The van der Waals surface area contributed by atoms with E-state index in [9.17, 15) is 4.79 Å². The van der Waals surface area contributed by atoms with E-state index < -0.39 is 0 Å². The first kappa shape index (κ1) is 17.9. The standard InChI is InChI=1S/C20H24ClN3O/c1-14(20(25)23-11-15-7-9-17(21)10-8-15)24-12-18(19(22)13-24)16-5-3-2-4-6-16/h2-10,14,18-19H,11-13,22H2,1H3,(H,23,25)/t14?,18-,19+/m0/s1. The number of rotatable bonds is 5. The summed E-state index contributed by atoms with van der Waals surface area (Å²) in [6, 6.07) is 17.6. The minimum Gasteiger partial charge on any atom is -0.351 e. The number of halogens is 1. The number of nitrogens with one attached hydrogen (secondary N) is 1. The normalized spacial score (nSPS) is 21.9. The monoisotopic (exact) mass is 357 g/mol. The van der Waals surface area contributed by atoms with Crippen molar-refractivity contribution < 1.29 is 4.79 Å². The van der Waals surface area contributed by atoms with Crippen molar-refractivity contribution in [2.24, 2.45) is 5.73 Å². The lowest BCUT2D eigenvalue weighted by Crippen LogP contribution is -2.44. The molecule has 2 aromatic rings. The Hall–Kier alpha value is -1.88. The molecule has 0 radical (unpaired) electrons. The fourth-order valence-electron chi connectivity index (χ4n) is 3.33. The second-order valence-corrected chi connectivity index (χ2v) is 7.09. The summed E-state index contributed by atoms with van der Waals surface area (Å²) in [5, 5.41) is 3.70. The van der Waals surface area contributed by atoms with Crippen molar-refractivity contribution in [3.8, 4) is 0 Å². The molecule has 0 spiro atoms. The quantitative estimate of drug-likeness (QED) is 0.865. The first-order chi connectivity index (χ1) is 12.0. The Balaban J connectivity index is 1.56. The molecule has 3 N–H and O–H groups in total. The maximum atomic E-state index is 12.5. The molecule has 3 rings (SSSR count). The summed E-state index contributed by atoms with van der Waals surface area (Å²) < 4.78 is 0. The van der Waals surface area contributed by atoms with Gasteiger partial charge in [0, 0.05) is 36.6 Å². The van der Waals surface area contributed by atoms with E-state index in [0.29, 0.717) is 11.6 Å². The van der Waals surface area contributed by atoms with E-state index in [1.807, 2.05) is 49.4 Å². The van der Waals surface area contributed by atoms with Gasteiger partial charge >= 0.3 is 0 Å². The number of carbonyl (C=O) groups is 1. The zero-order valence-electron chi connectivity index (χ0n) is 14.4. The molecular weight excluding hydrogens is 334 g/mol. The van der Waals surface area contributed by atoms with Gasteiger partial charge in [-0.05, 0) is 30.2 Å². The number of likely N-dealkylation sites (tertiary alicyclic amines) is 1. The van der Waals surface area contributed by atoms with Gasteiger partial charge in [0.05, 0.1) is 6.04 Å². The van der Waals surface area contributed by atoms with Crippen LogP contribution in [0.1, 0.15) is 24.0 Å². The number of amides is 1. The van der Waals surface area contributed by atoms with Gasteiger partial charge in [-0.1, -0.05) is 54.1 Å². The minimum absolute atomic E-state index is 0.0239. The van der Waals surface area contributed by atoms with Crippen LogP contribution in [-0.4, -0.2) is 36.0 Å². The summed E-state index contributed by atoms with van der Waals surface area (Å²) in [5.74, 6) is 0.295. The van der Waals surface area contributed by atoms with Crippen molar-refractivity contribution in [2.75, 3.05) is 13.1 Å². The van der Waals surface area contributed by atoms with Crippen LogP contribution < -0.4 is 11.1 Å². The first-order valence-electron chi connectivity index (χ1n) is 8.61. The van der Waals surface area contributed by atoms with Crippen molar-refractivity contribution in [1.82, 2.24) is 10.2 Å². The van der Waals surface area contributed by atoms with Crippen LogP contribution in [0, 0.1) is 0 Å². The smallest absolute Gasteiger partial charge is 0.237 e. The van der Waals surface area contributed by atoms with Crippen LogP contribution in [0.15, 0.2) is 54.6 Å². The van der Waals surface area contributed by atoms with Crippen LogP contribution >= 0.6 is 11.6 Å². The summed E-state index contributed by atoms with van der Waals surface area (Å²) in [6.45, 7) is 3.98. The third-order valence-corrected chi connectivity index (χ3v) is 5.18. The van der Waals surface area contributed by atoms with Crippen LogP contribution in [0.5, 0.6) is 0 Å². The lowest BCUT2D eigenvalue weighted by atomic mass is 9.95. The maximum absolute atomic E-state index is 12.5. The van der Waals surface area contributed by atoms with Crippen LogP contribution in [0.2, 0.25) is 5.02 Å². The van der Waals surface area contributed by atoms with Crippen LogP contribution in [0.25, 0.3) is 0 Å². The molecule has 2 aromatic carbocycles. The summed E-state index contributed by atoms with van der Waals surface area (Å²) >= 11 is 5.88. The highest BCUT2D eigenvalue weighted by molar-refractivity contribution is 6.30. The van der Waals surface area contributed by atoms with Gasteiger partial charge in [-0.25, -0.2) is 0 Å². The number of hydrogen-bond acceptors (Lipinski definition) is 3. The molecular formula is C20H24ClN3O. The van der Waals surface area contributed by atoms with E-state index in [1.165, 1.54) is 5.56 Å². The SMILES string of the molecule is CC(C(=O)NCc1ccc(Cl)cc1)N1C[C@@H](N)[C@H](c2ccccc2)C1. The molecule has 1 amide bonds. The average Bonchev–Trinajstić information content (AvgIpc) is 3.03. The average molecular weight is 358 g/mol. The molecule has 1 unspecified atom stereocenters. The fraction of sp³-hybridized carbons (Fsp3) is 0.350. The van der Waals surface area contributed by atoms with Gasteiger partial charge in [0.2, 0.25) is 5.91 Å². The Morgan fingerprint density at radius 1 is 1.20 bits per heavy atom. The van der Waals surface area contributed by atoms with Crippen LogP contribution in [-0.2, 0) is 11.3 Å². The molecule has 0 aromatic heterocycles. The molecule has 1 aliphatic heterocycles. The van der Waals surface area contributed by atoms with Gasteiger partial charge < -0.3 is 11.1 Å². The zero-order valence-corrected chi connectivity index (χ0v) is 15.1. The van der Waals surface area contributed by atoms with Gasteiger partial charge in [0.15, 0.2) is 0 Å². The predicted molar refractivity (Wildman–Crippen MR) is 101 cm³/mol. The summed E-state index contributed by atoms with van der Waals surface area (Å²) in [7, 11) is 0. The number of benzene rings is 2. The lowest BCUT2D eigenvalue weighted by Gasteiger charge is -2.23. The Morgan fingerprint density at radius 3 is 2.56 bits per heavy atom. The third-order valence-electron chi connectivity index (χ3n) is 4.93. The second-order valence-electron chi connectivity index (χ2n) is 6.66. The van der Waals surface area contributed by atoms with E-state index in [1.54, 1.807) is 0 Å². The van der Waals surface area contributed by atoms with Crippen molar-refractivity contribution in [3.63, 3.8) is 0 Å². The highest BCUT2D eigenvalue weighted by atomic mass is 35.5. The molecule has 3 atom stereocenters.